The first-order valence-corrected chi connectivity index (χ1v) is 8.14. The van der Waals surface area contributed by atoms with Crippen molar-refractivity contribution in [3.8, 4) is 0 Å². The third kappa shape index (κ3) is 3.99. The molecule has 0 saturated carbocycles. The fourth-order valence-corrected chi connectivity index (χ4v) is 3.53. The molecule has 0 bridgehead atoms. The number of ether oxygens (including phenoxy) is 1. The predicted molar refractivity (Wildman–Crippen MR) is 86.2 cm³/mol. The maximum Gasteiger partial charge on any atom is 0.302 e. The topological polar surface area (TPSA) is 46.6 Å². The Morgan fingerprint density at radius 2 is 2.09 bits per heavy atom. The molecule has 4 heteroatoms. The fraction of sp³-hybridized carbons (Fsp3) is 0.667. The van der Waals surface area contributed by atoms with E-state index in [4.69, 9.17) is 4.74 Å². The summed E-state index contributed by atoms with van der Waals surface area (Å²) in [6.45, 7) is 9.22. The van der Waals surface area contributed by atoms with Crippen LogP contribution in [0.3, 0.4) is 0 Å². The van der Waals surface area contributed by atoms with E-state index in [1.165, 1.54) is 24.5 Å². The SMILES string of the molecule is CC(=O)O[C@@H]1CCN(C(=O)/C=C/C2=C(C)CCCC2(C)C)C1. The fourth-order valence-electron chi connectivity index (χ4n) is 3.53. The van der Waals surface area contributed by atoms with Crippen molar-refractivity contribution in [1.29, 1.82) is 0 Å². The highest BCUT2D eigenvalue weighted by Gasteiger charge is 2.29. The Balaban J connectivity index is 1.99. The summed E-state index contributed by atoms with van der Waals surface area (Å²) in [5.41, 5.74) is 2.83. The Morgan fingerprint density at radius 3 is 2.73 bits per heavy atom. The van der Waals surface area contributed by atoms with Crippen LogP contribution in [0, 0.1) is 5.41 Å². The number of esters is 1. The van der Waals surface area contributed by atoms with Crippen molar-refractivity contribution in [1.82, 2.24) is 4.90 Å². The zero-order valence-electron chi connectivity index (χ0n) is 14.1. The minimum absolute atomic E-state index is 0.0105. The maximum absolute atomic E-state index is 12.3. The van der Waals surface area contributed by atoms with Crippen LogP contribution in [-0.2, 0) is 14.3 Å². The van der Waals surface area contributed by atoms with Gasteiger partial charge in [-0.05, 0) is 37.2 Å². The second-order valence-electron chi connectivity index (χ2n) is 7.07. The van der Waals surface area contributed by atoms with Crippen molar-refractivity contribution in [2.45, 2.75) is 59.5 Å². The van der Waals surface area contributed by atoms with Crippen molar-refractivity contribution in [2.75, 3.05) is 13.1 Å². The lowest BCUT2D eigenvalue weighted by Gasteiger charge is -2.33. The van der Waals surface area contributed by atoms with E-state index < -0.39 is 0 Å². The first kappa shape index (κ1) is 16.8. The van der Waals surface area contributed by atoms with Gasteiger partial charge in [0.1, 0.15) is 6.10 Å². The number of likely N-dealkylation sites (tertiary alicyclic amines) is 1. The quantitative estimate of drug-likeness (QED) is 0.594. The Labute approximate surface area is 133 Å². The van der Waals surface area contributed by atoms with Crippen LogP contribution in [0.15, 0.2) is 23.3 Å². The summed E-state index contributed by atoms with van der Waals surface area (Å²) in [6, 6.07) is 0. The molecule has 4 nitrogen and oxygen atoms in total. The van der Waals surface area contributed by atoms with Gasteiger partial charge in [0.15, 0.2) is 0 Å². The summed E-state index contributed by atoms with van der Waals surface area (Å²) in [5, 5.41) is 0. The zero-order valence-corrected chi connectivity index (χ0v) is 14.1. The molecule has 2 aliphatic rings. The predicted octanol–water partition coefficient (Wildman–Crippen LogP) is 3.23. The van der Waals surface area contributed by atoms with Crippen molar-refractivity contribution >= 4 is 11.9 Å². The number of carbonyl (C=O) groups is 2. The molecular weight excluding hydrogens is 278 g/mol. The van der Waals surface area contributed by atoms with Crippen molar-refractivity contribution in [2.24, 2.45) is 5.41 Å². The lowest BCUT2D eigenvalue weighted by molar-refractivity contribution is -0.146. The highest BCUT2D eigenvalue weighted by Crippen LogP contribution is 2.40. The molecule has 1 fully saturated rings. The monoisotopic (exact) mass is 305 g/mol. The summed E-state index contributed by atoms with van der Waals surface area (Å²) in [4.78, 5) is 25.0. The number of carbonyl (C=O) groups excluding carboxylic acids is 2. The average Bonchev–Trinajstić information content (AvgIpc) is 2.84. The van der Waals surface area contributed by atoms with Crippen LogP contribution in [0.5, 0.6) is 0 Å². The van der Waals surface area contributed by atoms with Gasteiger partial charge in [-0.15, -0.1) is 0 Å². The third-order valence-electron chi connectivity index (χ3n) is 4.72. The van der Waals surface area contributed by atoms with Crippen molar-refractivity contribution in [3.63, 3.8) is 0 Å². The number of nitrogens with zero attached hydrogens (tertiary/aromatic N) is 1. The molecule has 0 aromatic rings. The largest absolute Gasteiger partial charge is 0.461 e. The number of rotatable bonds is 3. The molecule has 1 amide bonds. The van der Waals surface area contributed by atoms with Crippen LogP contribution in [0.1, 0.15) is 53.4 Å². The van der Waals surface area contributed by atoms with E-state index in [0.29, 0.717) is 13.1 Å². The molecule has 1 heterocycles. The summed E-state index contributed by atoms with van der Waals surface area (Å²) in [5.74, 6) is -0.268. The van der Waals surface area contributed by atoms with E-state index in [1.807, 2.05) is 6.08 Å². The molecular formula is C18H27NO3. The Kier molecular flexibility index (Phi) is 5.09. The van der Waals surface area contributed by atoms with Gasteiger partial charge in [0.25, 0.3) is 0 Å². The Hall–Kier alpha value is -1.58. The van der Waals surface area contributed by atoms with Crippen LogP contribution >= 0.6 is 0 Å². The molecule has 22 heavy (non-hydrogen) atoms. The first-order chi connectivity index (χ1) is 10.3. The molecule has 0 N–H and O–H groups in total. The van der Waals surface area contributed by atoms with Gasteiger partial charge in [-0.2, -0.15) is 0 Å². The van der Waals surface area contributed by atoms with Gasteiger partial charge in [0.2, 0.25) is 5.91 Å². The van der Waals surface area contributed by atoms with Gasteiger partial charge < -0.3 is 9.64 Å². The van der Waals surface area contributed by atoms with Gasteiger partial charge in [-0.1, -0.05) is 25.5 Å². The zero-order chi connectivity index (χ0) is 16.3. The lowest BCUT2D eigenvalue weighted by atomic mass is 9.72. The molecule has 1 atom stereocenters. The van der Waals surface area contributed by atoms with E-state index >= 15 is 0 Å². The third-order valence-corrected chi connectivity index (χ3v) is 4.72. The summed E-state index contributed by atoms with van der Waals surface area (Å²) in [7, 11) is 0. The van der Waals surface area contributed by atoms with Crippen molar-refractivity contribution < 1.29 is 14.3 Å². The van der Waals surface area contributed by atoms with Gasteiger partial charge in [0.05, 0.1) is 6.54 Å². The number of allylic oxidation sites excluding steroid dienone is 3. The maximum atomic E-state index is 12.3. The highest BCUT2D eigenvalue weighted by atomic mass is 16.5. The minimum atomic E-state index is -0.278. The number of hydrogen-bond donors (Lipinski definition) is 0. The molecule has 0 spiro atoms. The van der Waals surface area contributed by atoms with Crippen LogP contribution in [0.2, 0.25) is 0 Å². The van der Waals surface area contributed by atoms with Crippen molar-refractivity contribution in [3.05, 3.63) is 23.3 Å². The molecule has 1 aliphatic carbocycles. The van der Waals surface area contributed by atoms with E-state index in [0.717, 1.165) is 19.3 Å². The smallest absolute Gasteiger partial charge is 0.302 e. The van der Waals surface area contributed by atoms with Crippen LogP contribution in [0.4, 0.5) is 0 Å². The van der Waals surface area contributed by atoms with Crippen LogP contribution in [-0.4, -0.2) is 36.0 Å². The Morgan fingerprint density at radius 1 is 1.36 bits per heavy atom. The van der Waals surface area contributed by atoms with Gasteiger partial charge in [0, 0.05) is 26.0 Å². The van der Waals surface area contributed by atoms with E-state index in [1.54, 1.807) is 11.0 Å². The first-order valence-electron chi connectivity index (χ1n) is 8.14. The van der Waals surface area contributed by atoms with Crippen LogP contribution < -0.4 is 0 Å². The molecule has 1 saturated heterocycles. The average molecular weight is 305 g/mol. The highest BCUT2D eigenvalue weighted by molar-refractivity contribution is 5.88. The molecule has 0 aromatic carbocycles. The molecule has 1 aliphatic heterocycles. The number of amides is 1. The normalized spacial score (nSPS) is 24.9. The molecule has 2 rings (SSSR count). The van der Waals surface area contributed by atoms with Crippen LogP contribution in [0.25, 0.3) is 0 Å². The lowest BCUT2D eigenvalue weighted by Crippen LogP contribution is -2.29. The van der Waals surface area contributed by atoms with Gasteiger partial charge in [-0.3, -0.25) is 9.59 Å². The standard InChI is InChI=1S/C18H27NO3/c1-13-6-5-10-18(3,4)16(13)7-8-17(21)19-11-9-15(12-19)22-14(2)20/h7-8,15H,5-6,9-12H2,1-4H3/b8-7+/t15-/m1/s1. The summed E-state index contributed by atoms with van der Waals surface area (Å²) >= 11 is 0. The molecule has 0 aromatic heterocycles. The van der Waals surface area contributed by atoms with E-state index in [-0.39, 0.29) is 23.4 Å². The second-order valence-corrected chi connectivity index (χ2v) is 7.07. The summed E-state index contributed by atoms with van der Waals surface area (Å²) < 4.78 is 5.17. The molecule has 122 valence electrons. The van der Waals surface area contributed by atoms with Gasteiger partial charge >= 0.3 is 5.97 Å². The minimum Gasteiger partial charge on any atom is -0.461 e. The molecule has 0 radical (unpaired) electrons. The van der Waals surface area contributed by atoms with E-state index in [9.17, 15) is 9.59 Å². The number of hydrogen-bond acceptors (Lipinski definition) is 3. The molecule has 0 unspecified atom stereocenters. The second kappa shape index (κ2) is 6.67. The van der Waals surface area contributed by atoms with Gasteiger partial charge in [-0.25, -0.2) is 0 Å². The Bertz CT molecular complexity index is 516. The summed E-state index contributed by atoms with van der Waals surface area (Å²) in [6.07, 6.45) is 7.76. The van der Waals surface area contributed by atoms with E-state index in [2.05, 4.69) is 20.8 Å².